The quantitative estimate of drug-likeness (QED) is 0.576. The first kappa shape index (κ1) is 18.2. The second-order valence-electron chi connectivity index (χ2n) is 6.00. The molecule has 0 aliphatic heterocycles. The molecule has 0 spiro atoms. The molecule has 0 radical (unpaired) electrons. The van der Waals surface area contributed by atoms with Gasteiger partial charge in [0, 0.05) is 6.08 Å². The van der Waals surface area contributed by atoms with Gasteiger partial charge in [-0.15, -0.1) is 0 Å². The molecular formula is C17H30O4. The van der Waals surface area contributed by atoms with E-state index in [-0.39, 0.29) is 12.4 Å². The summed E-state index contributed by atoms with van der Waals surface area (Å²) in [6.45, 7) is 1.87. The first-order valence-electron chi connectivity index (χ1n) is 8.23. The van der Waals surface area contributed by atoms with Crippen molar-refractivity contribution in [2.24, 2.45) is 5.92 Å². The number of hydrogen-bond acceptors (Lipinski definition) is 4. The van der Waals surface area contributed by atoms with Crippen LogP contribution >= 0.6 is 0 Å². The highest BCUT2D eigenvalue weighted by atomic mass is 16.5. The number of carbonyl (C=O) groups excluding carboxylic acids is 1. The summed E-state index contributed by atoms with van der Waals surface area (Å²) in [7, 11) is 1.46. The molecule has 4 heteroatoms. The Morgan fingerprint density at radius 2 is 1.71 bits per heavy atom. The number of aliphatic hydroxyl groups excluding tert-OH is 1. The third-order valence-electron chi connectivity index (χ3n) is 4.43. The maximum absolute atomic E-state index is 11.7. The predicted octanol–water partition coefficient (Wildman–Crippen LogP) is 2.97. The number of unbranched alkanes of at least 4 members (excludes halogenated alkanes) is 7. The van der Waals surface area contributed by atoms with Crippen LogP contribution < -0.4 is 0 Å². The Labute approximate surface area is 128 Å². The monoisotopic (exact) mass is 298 g/mol. The highest BCUT2D eigenvalue weighted by molar-refractivity contribution is 5.96. The molecule has 0 aromatic rings. The Kier molecular flexibility index (Phi) is 7.97. The third kappa shape index (κ3) is 4.82. The van der Waals surface area contributed by atoms with Gasteiger partial charge in [0.05, 0.1) is 19.6 Å². The summed E-state index contributed by atoms with van der Waals surface area (Å²) in [5, 5.41) is 20.0. The van der Waals surface area contributed by atoms with Crippen molar-refractivity contribution in [1.29, 1.82) is 0 Å². The minimum absolute atomic E-state index is 0.239. The van der Waals surface area contributed by atoms with Gasteiger partial charge < -0.3 is 14.9 Å². The molecule has 0 saturated heterocycles. The SMILES string of the molecule is CCCCCCCCCC[C@@]1(O)C(OC)=CC(=O)[C@@H]1CO. The molecule has 2 atom stereocenters. The number of aliphatic hydroxyl groups is 2. The number of allylic oxidation sites excluding steroid dienone is 1. The van der Waals surface area contributed by atoms with Gasteiger partial charge in [-0.1, -0.05) is 58.3 Å². The van der Waals surface area contributed by atoms with Crippen LogP contribution in [0.3, 0.4) is 0 Å². The lowest BCUT2D eigenvalue weighted by atomic mass is 9.84. The van der Waals surface area contributed by atoms with Gasteiger partial charge in [0.2, 0.25) is 0 Å². The molecule has 0 fully saturated rings. The van der Waals surface area contributed by atoms with E-state index < -0.39 is 11.5 Å². The molecule has 1 rings (SSSR count). The molecule has 1 aliphatic carbocycles. The Morgan fingerprint density at radius 3 is 2.24 bits per heavy atom. The van der Waals surface area contributed by atoms with Crippen molar-refractivity contribution in [3.05, 3.63) is 11.8 Å². The van der Waals surface area contributed by atoms with Crippen LogP contribution in [-0.4, -0.2) is 35.3 Å². The maximum Gasteiger partial charge on any atom is 0.167 e. The number of carbonyl (C=O) groups is 1. The van der Waals surface area contributed by atoms with E-state index in [1.165, 1.54) is 45.3 Å². The topological polar surface area (TPSA) is 66.8 Å². The largest absolute Gasteiger partial charge is 0.498 e. The Hall–Kier alpha value is -0.870. The average Bonchev–Trinajstić information content (AvgIpc) is 2.72. The summed E-state index contributed by atoms with van der Waals surface area (Å²) in [6.07, 6.45) is 11.2. The molecule has 0 unspecified atom stereocenters. The molecule has 2 N–H and O–H groups in total. The highest BCUT2D eigenvalue weighted by Crippen LogP contribution is 2.38. The van der Waals surface area contributed by atoms with Crippen LogP contribution in [0.5, 0.6) is 0 Å². The van der Waals surface area contributed by atoms with Crippen LogP contribution in [0.15, 0.2) is 11.8 Å². The van der Waals surface area contributed by atoms with Crippen LogP contribution in [0.25, 0.3) is 0 Å². The summed E-state index contributed by atoms with van der Waals surface area (Å²) in [5.74, 6) is -0.706. The number of hydrogen-bond donors (Lipinski definition) is 2. The van der Waals surface area contributed by atoms with Crippen LogP contribution in [-0.2, 0) is 9.53 Å². The third-order valence-corrected chi connectivity index (χ3v) is 4.43. The Balaban J connectivity index is 2.32. The van der Waals surface area contributed by atoms with Gasteiger partial charge in [-0.05, 0) is 6.42 Å². The molecule has 0 aromatic carbocycles. The van der Waals surface area contributed by atoms with E-state index in [4.69, 9.17) is 4.74 Å². The van der Waals surface area contributed by atoms with Gasteiger partial charge in [-0.25, -0.2) is 0 Å². The van der Waals surface area contributed by atoms with Crippen LogP contribution in [0.2, 0.25) is 0 Å². The zero-order chi connectivity index (χ0) is 15.7. The van der Waals surface area contributed by atoms with Crippen LogP contribution in [0.1, 0.15) is 64.7 Å². The molecule has 0 bridgehead atoms. The summed E-state index contributed by atoms with van der Waals surface area (Å²) < 4.78 is 5.13. The van der Waals surface area contributed by atoms with E-state index >= 15 is 0 Å². The molecule has 1 aliphatic rings. The van der Waals surface area contributed by atoms with Crippen molar-refractivity contribution in [3.8, 4) is 0 Å². The molecule has 122 valence electrons. The van der Waals surface area contributed by atoms with Gasteiger partial charge in [0.15, 0.2) is 5.78 Å². The van der Waals surface area contributed by atoms with Crippen molar-refractivity contribution >= 4 is 5.78 Å². The number of ether oxygens (including phenoxy) is 1. The highest BCUT2D eigenvalue weighted by Gasteiger charge is 2.49. The van der Waals surface area contributed by atoms with Crippen LogP contribution in [0, 0.1) is 5.92 Å². The molecule has 21 heavy (non-hydrogen) atoms. The lowest BCUT2D eigenvalue weighted by molar-refractivity contribution is -0.126. The smallest absolute Gasteiger partial charge is 0.167 e. The van der Waals surface area contributed by atoms with Gasteiger partial charge in [-0.2, -0.15) is 0 Å². The molecule has 4 nitrogen and oxygen atoms in total. The predicted molar refractivity (Wildman–Crippen MR) is 82.9 cm³/mol. The van der Waals surface area contributed by atoms with Crippen molar-refractivity contribution < 1.29 is 19.7 Å². The van der Waals surface area contributed by atoms with Gasteiger partial charge in [-0.3, -0.25) is 4.79 Å². The van der Waals surface area contributed by atoms with E-state index in [0.717, 1.165) is 19.3 Å². The van der Waals surface area contributed by atoms with Gasteiger partial charge >= 0.3 is 0 Å². The fourth-order valence-corrected chi connectivity index (χ4v) is 3.06. The zero-order valence-corrected chi connectivity index (χ0v) is 13.4. The molecule has 0 heterocycles. The first-order chi connectivity index (χ1) is 10.1. The Bertz CT molecular complexity index is 351. The minimum Gasteiger partial charge on any atom is -0.498 e. The van der Waals surface area contributed by atoms with Crippen molar-refractivity contribution in [1.82, 2.24) is 0 Å². The Morgan fingerprint density at radius 1 is 1.14 bits per heavy atom. The summed E-state index contributed by atoms with van der Waals surface area (Å²) in [6, 6.07) is 0. The van der Waals surface area contributed by atoms with Crippen molar-refractivity contribution in [2.75, 3.05) is 13.7 Å². The molecule has 0 saturated carbocycles. The van der Waals surface area contributed by atoms with E-state index in [9.17, 15) is 15.0 Å². The van der Waals surface area contributed by atoms with Gasteiger partial charge in [0.25, 0.3) is 0 Å². The lowest BCUT2D eigenvalue weighted by Crippen LogP contribution is -2.41. The van der Waals surface area contributed by atoms with E-state index in [1.54, 1.807) is 0 Å². The summed E-state index contributed by atoms with van der Waals surface area (Å²) in [4.78, 5) is 11.7. The number of ketones is 1. The number of rotatable bonds is 11. The van der Waals surface area contributed by atoms with E-state index in [2.05, 4.69) is 6.92 Å². The number of methoxy groups -OCH3 is 1. The maximum atomic E-state index is 11.7. The van der Waals surface area contributed by atoms with E-state index in [1.807, 2.05) is 0 Å². The lowest BCUT2D eigenvalue weighted by Gasteiger charge is -2.30. The average molecular weight is 298 g/mol. The second kappa shape index (κ2) is 9.21. The molecule has 0 amide bonds. The van der Waals surface area contributed by atoms with Crippen LogP contribution in [0.4, 0.5) is 0 Å². The minimum atomic E-state index is -1.32. The van der Waals surface area contributed by atoms with E-state index in [0.29, 0.717) is 12.2 Å². The second-order valence-corrected chi connectivity index (χ2v) is 6.00. The summed E-state index contributed by atoms with van der Waals surface area (Å²) >= 11 is 0. The van der Waals surface area contributed by atoms with Gasteiger partial charge in [0.1, 0.15) is 11.4 Å². The summed E-state index contributed by atoms with van der Waals surface area (Å²) in [5.41, 5.74) is -1.32. The normalized spacial score (nSPS) is 25.2. The zero-order valence-electron chi connectivity index (χ0n) is 13.4. The fourth-order valence-electron chi connectivity index (χ4n) is 3.06. The van der Waals surface area contributed by atoms with Crippen molar-refractivity contribution in [3.63, 3.8) is 0 Å². The van der Waals surface area contributed by atoms with Crippen molar-refractivity contribution in [2.45, 2.75) is 70.3 Å². The standard InChI is InChI=1S/C17H30O4/c1-3-4-5-6-7-8-9-10-11-17(20)14(13-18)15(19)12-16(17)21-2/h12,14,18,20H,3-11,13H2,1-2H3/t14-,17-/m0/s1. The molecule has 0 aromatic heterocycles. The fraction of sp³-hybridized carbons (Fsp3) is 0.824. The molecular weight excluding hydrogens is 268 g/mol. The first-order valence-corrected chi connectivity index (χ1v) is 8.23.